The van der Waals surface area contributed by atoms with E-state index in [-0.39, 0.29) is 22.0 Å². The summed E-state index contributed by atoms with van der Waals surface area (Å²) in [6, 6.07) is 14.3. The number of rotatable bonds is 2. The molecule has 1 nitrogen and oxygen atoms in total. The van der Waals surface area contributed by atoms with Crippen LogP contribution in [0.25, 0.3) is 10.8 Å². The summed E-state index contributed by atoms with van der Waals surface area (Å²) in [6.07, 6.45) is 14.0. The summed E-state index contributed by atoms with van der Waals surface area (Å²) in [5, 5.41) is 2.09. The van der Waals surface area contributed by atoms with Gasteiger partial charge >= 0.3 is 0 Å². The van der Waals surface area contributed by atoms with Crippen LogP contribution in [0.15, 0.2) is 122 Å². The third-order valence-electron chi connectivity index (χ3n) is 9.59. The Kier molecular flexibility index (Phi) is 5.57. The molecule has 39 heavy (non-hydrogen) atoms. The van der Waals surface area contributed by atoms with Crippen LogP contribution in [-0.4, -0.2) is 5.78 Å². The molecule has 0 aromatic heterocycles. The zero-order valence-corrected chi connectivity index (χ0v) is 25.9. The van der Waals surface area contributed by atoms with Gasteiger partial charge in [0.25, 0.3) is 0 Å². The number of Topliss-reactive ketones (excluding diaryl/α,β-unsaturated/α-hetero) is 1. The number of ketones is 1. The van der Waals surface area contributed by atoms with Gasteiger partial charge in [-0.2, -0.15) is 0 Å². The Hall–Kier alpha value is -2.97. The molecule has 2 heteroatoms. The zero-order valence-electron chi connectivity index (χ0n) is 24.3. The van der Waals surface area contributed by atoms with Crippen LogP contribution in [0.2, 0.25) is 0 Å². The van der Waals surface area contributed by atoms with Crippen LogP contribution in [0, 0.1) is 21.7 Å². The van der Waals surface area contributed by atoms with E-state index in [0.717, 1.165) is 32.0 Å². The Morgan fingerprint density at radius 2 is 1.31 bits per heavy atom. The molecule has 2 aromatic carbocycles. The molecule has 0 unspecified atom stereocenters. The summed E-state index contributed by atoms with van der Waals surface area (Å²) in [7, 11) is 0. The molecule has 0 heterocycles. The third kappa shape index (κ3) is 3.60. The minimum absolute atomic E-state index is 0.0117. The highest BCUT2D eigenvalue weighted by atomic mass is 79.9. The molecule has 0 aliphatic heterocycles. The van der Waals surface area contributed by atoms with E-state index in [2.05, 4.69) is 126 Å². The topological polar surface area (TPSA) is 17.1 Å². The van der Waals surface area contributed by atoms with E-state index in [9.17, 15) is 4.79 Å². The molecule has 0 amide bonds. The molecule has 198 valence electrons. The molecule has 0 fully saturated rings. The van der Waals surface area contributed by atoms with Gasteiger partial charge in [0, 0.05) is 26.4 Å². The lowest BCUT2D eigenvalue weighted by atomic mass is 9.44. The van der Waals surface area contributed by atoms with Gasteiger partial charge in [-0.3, -0.25) is 4.79 Å². The van der Waals surface area contributed by atoms with Crippen molar-refractivity contribution in [3.05, 3.63) is 128 Å². The average molecular weight is 578 g/mol. The summed E-state index contributed by atoms with van der Waals surface area (Å²) >= 11 is 4.00. The van der Waals surface area contributed by atoms with Gasteiger partial charge in [-0.1, -0.05) is 138 Å². The summed E-state index contributed by atoms with van der Waals surface area (Å²) in [5.41, 5.74) is 8.23. The second kappa shape index (κ2) is 8.27. The Bertz CT molecular complexity index is 1690. The van der Waals surface area contributed by atoms with Gasteiger partial charge in [-0.25, -0.2) is 0 Å². The highest BCUT2D eigenvalue weighted by molar-refractivity contribution is 9.11. The fourth-order valence-electron chi connectivity index (χ4n) is 6.83. The van der Waals surface area contributed by atoms with Crippen LogP contribution in [0.1, 0.15) is 65.7 Å². The van der Waals surface area contributed by atoms with Gasteiger partial charge in [0.2, 0.25) is 0 Å². The van der Waals surface area contributed by atoms with Gasteiger partial charge in [0.1, 0.15) is 0 Å². The highest BCUT2D eigenvalue weighted by Gasteiger charge is 2.60. The number of halogens is 1. The zero-order chi connectivity index (χ0) is 28.1. The van der Waals surface area contributed by atoms with Crippen molar-refractivity contribution in [3.63, 3.8) is 0 Å². The van der Waals surface area contributed by atoms with Crippen LogP contribution in [0.4, 0.5) is 0 Å². The molecule has 2 atom stereocenters. The van der Waals surface area contributed by atoms with E-state index < -0.39 is 5.41 Å². The van der Waals surface area contributed by atoms with E-state index in [1.54, 1.807) is 0 Å². The van der Waals surface area contributed by atoms with Gasteiger partial charge in [0.15, 0.2) is 5.78 Å². The van der Waals surface area contributed by atoms with E-state index in [4.69, 9.17) is 0 Å². The number of fused-ring (bicyclic) bond motifs is 1. The Morgan fingerprint density at radius 3 is 2.00 bits per heavy atom. The first-order valence-corrected chi connectivity index (χ1v) is 14.7. The smallest absolute Gasteiger partial charge is 0.193 e. The average Bonchev–Trinajstić information content (AvgIpc) is 2.86. The predicted octanol–water partition coefficient (Wildman–Crippen LogP) is 10.4. The summed E-state index contributed by atoms with van der Waals surface area (Å²) < 4.78 is 1.11. The molecule has 0 radical (unpaired) electrons. The van der Waals surface area contributed by atoms with Crippen molar-refractivity contribution in [1.29, 1.82) is 0 Å². The molecule has 0 saturated heterocycles. The lowest BCUT2D eigenvalue weighted by Gasteiger charge is -2.58. The Labute approximate surface area is 241 Å². The van der Waals surface area contributed by atoms with E-state index >= 15 is 0 Å². The van der Waals surface area contributed by atoms with Crippen LogP contribution in [-0.2, 0) is 0 Å². The predicted molar refractivity (Wildman–Crippen MR) is 168 cm³/mol. The van der Waals surface area contributed by atoms with E-state index in [1.165, 1.54) is 27.9 Å². The monoisotopic (exact) mass is 576 g/mol. The largest absolute Gasteiger partial charge is 0.289 e. The summed E-state index contributed by atoms with van der Waals surface area (Å²) in [4.78, 5) is 14.7. The maximum absolute atomic E-state index is 14.7. The standard InChI is InChI=1S/C37H37BrO/c1-34(2,3)23-16-25-18-29(33(39)28-15-11-13-22-12-9-10-14-27(22)28)30-19-24(35(4,5)6)20-31-32(38)21-26(17-23)36(25,7)37(30,31)8/h9-21H,1-8H3/t36-,37-/m0/s1. The maximum Gasteiger partial charge on any atom is 0.193 e. The lowest BCUT2D eigenvalue weighted by Crippen LogP contribution is -2.50. The summed E-state index contributed by atoms with van der Waals surface area (Å²) in [6.45, 7) is 18.3. The van der Waals surface area contributed by atoms with Gasteiger partial charge in [-0.15, -0.1) is 0 Å². The normalized spacial score (nSPS) is 26.2. The quantitative estimate of drug-likeness (QED) is 0.325. The number of benzene rings is 2. The highest BCUT2D eigenvalue weighted by Crippen LogP contribution is 2.69. The van der Waals surface area contributed by atoms with Gasteiger partial charge in [0.05, 0.1) is 0 Å². The lowest BCUT2D eigenvalue weighted by molar-refractivity contribution is 0.102. The van der Waals surface area contributed by atoms with Crippen LogP contribution in [0.5, 0.6) is 0 Å². The minimum atomic E-state index is -0.402. The molecular formula is C37H37BrO. The number of carbonyl (C=O) groups is 1. The second-order valence-corrected chi connectivity index (χ2v) is 14.7. The first-order valence-electron chi connectivity index (χ1n) is 13.9. The van der Waals surface area contributed by atoms with Crippen molar-refractivity contribution in [2.24, 2.45) is 21.7 Å². The molecular weight excluding hydrogens is 540 g/mol. The van der Waals surface area contributed by atoms with Crippen LogP contribution in [0.3, 0.4) is 0 Å². The van der Waals surface area contributed by atoms with Crippen molar-refractivity contribution in [2.75, 3.05) is 0 Å². The Morgan fingerprint density at radius 1 is 0.692 bits per heavy atom. The number of carbonyl (C=O) groups excluding carboxylic acids is 1. The van der Waals surface area contributed by atoms with Gasteiger partial charge in [-0.05, 0) is 67.2 Å². The molecule has 4 aliphatic carbocycles. The number of allylic oxidation sites excluding steroid dienone is 14. The van der Waals surface area contributed by atoms with Crippen molar-refractivity contribution >= 4 is 32.5 Å². The fraction of sp³-hybridized carbons (Fsp3) is 0.324. The maximum atomic E-state index is 14.7. The molecule has 2 aromatic rings. The van der Waals surface area contributed by atoms with E-state index in [0.29, 0.717) is 0 Å². The molecule has 0 N–H and O–H groups in total. The fourth-order valence-corrected chi connectivity index (χ4v) is 7.59. The first-order chi connectivity index (χ1) is 18.2. The molecule has 0 saturated carbocycles. The minimum Gasteiger partial charge on any atom is -0.289 e. The molecule has 6 rings (SSSR count). The third-order valence-corrected chi connectivity index (χ3v) is 10.3. The van der Waals surface area contributed by atoms with Crippen LogP contribution >= 0.6 is 15.9 Å². The molecule has 4 aliphatic rings. The second-order valence-electron chi connectivity index (χ2n) is 13.9. The number of hydrogen-bond acceptors (Lipinski definition) is 1. The van der Waals surface area contributed by atoms with Gasteiger partial charge < -0.3 is 0 Å². The van der Waals surface area contributed by atoms with Crippen molar-refractivity contribution < 1.29 is 4.79 Å². The van der Waals surface area contributed by atoms with Crippen molar-refractivity contribution in [3.8, 4) is 0 Å². The summed E-state index contributed by atoms with van der Waals surface area (Å²) in [5.74, 6) is 0.0934. The molecule has 0 spiro atoms. The SMILES string of the molecule is CC(C)(C)C1=CC2=CC(Br)=C3C=C(C(C)(C)C)C=C4C(C(=O)c5cccc6ccccc56)=CC(=C1)[C@]2(C)[C@@]43C. The van der Waals surface area contributed by atoms with Crippen LogP contribution < -0.4 is 0 Å². The number of hydrogen-bond donors (Lipinski definition) is 0. The van der Waals surface area contributed by atoms with Crippen molar-refractivity contribution in [2.45, 2.75) is 55.4 Å². The van der Waals surface area contributed by atoms with E-state index in [1.807, 2.05) is 24.3 Å². The first kappa shape index (κ1) is 26.3. The Balaban J connectivity index is 1.70. The van der Waals surface area contributed by atoms with Crippen molar-refractivity contribution in [1.82, 2.24) is 0 Å². The molecule has 0 bridgehead atoms.